The summed E-state index contributed by atoms with van der Waals surface area (Å²) in [6, 6.07) is 5.90. The number of nitriles is 1. The molecule has 1 fully saturated rings. The van der Waals surface area contributed by atoms with Crippen molar-refractivity contribution in [2.45, 2.75) is 25.4 Å². The summed E-state index contributed by atoms with van der Waals surface area (Å²) in [7, 11) is 0. The summed E-state index contributed by atoms with van der Waals surface area (Å²) in [5.41, 5.74) is 0.257. The lowest BCUT2D eigenvalue weighted by Gasteiger charge is -2.12. The monoisotopic (exact) mass is 219 g/mol. The van der Waals surface area contributed by atoms with E-state index in [4.69, 9.17) is 10.00 Å². The van der Waals surface area contributed by atoms with Crippen LogP contribution in [0.2, 0.25) is 0 Å². The molecule has 1 aromatic carbocycles. The number of hydrogen-bond acceptors (Lipinski definition) is 3. The van der Waals surface area contributed by atoms with Crippen LogP contribution in [-0.2, 0) is 4.79 Å². The Labute approximate surface area is 92.4 Å². The minimum absolute atomic E-state index is 0.110. The zero-order valence-electron chi connectivity index (χ0n) is 8.57. The van der Waals surface area contributed by atoms with Crippen LogP contribution in [-0.4, -0.2) is 11.9 Å². The average Bonchev–Trinajstić information content (AvgIpc) is 2.67. The molecule has 3 nitrogen and oxygen atoms in total. The van der Waals surface area contributed by atoms with Gasteiger partial charge in [-0.05, 0) is 24.6 Å². The summed E-state index contributed by atoms with van der Waals surface area (Å²) >= 11 is 0. The Kier molecular flexibility index (Phi) is 2.86. The summed E-state index contributed by atoms with van der Waals surface area (Å²) in [4.78, 5) is 11.0. The fourth-order valence-electron chi connectivity index (χ4n) is 1.73. The van der Waals surface area contributed by atoms with Gasteiger partial charge in [-0.3, -0.25) is 4.79 Å². The van der Waals surface area contributed by atoms with Crippen LogP contribution >= 0.6 is 0 Å². The zero-order valence-corrected chi connectivity index (χ0v) is 8.57. The molecule has 0 aromatic heterocycles. The third-order valence-electron chi connectivity index (χ3n) is 2.56. The first-order chi connectivity index (χ1) is 7.69. The molecule has 1 aliphatic rings. The fraction of sp³-hybridized carbons (Fsp3) is 0.333. The molecule has 0 heterocycles. The summed E-state index contributed by atoms with van der Waals surface area (Å²) in [5, 5.41) is 8.57. The predicted molar refractivity (Wildman–Crippen MR) is 54.4 cm³/mol. The van der Waals surface area contributed by atoms with Crippen molar-refractivity contribution in [1.29, 1.82) is 5.26 Å². The lowest BCUT2D eigenvalue weighted by Crippen LogP contribution is -2.13. The second kappa shape index (κ2) is 4.31. The molecule has 0 spiro atoms. The SMILES string of the molecule is N#Cc1ccc(OC2CCC(=O)C2)c(F)c1. The molecular formula is C12H10FNO2. The molecule has 82 valence electrons. The van der Waals surface area contributed by atoms with Crippen molar-refractivity contribution in [3.8, 4) is 11.8 Å². The van der Waals surface area contributed by atoms with Gasteiger partial charge in [0.2, 0.25) is 0 Å². The van der Waals surface area contributed by atoms with Gasteiger partial charge in [-0.1, -0.05) is 0 Å². The number of carbonyl (C=O) groups is 1. The van der Waals surface area contributed by atoms with Crippen LogP contribution in [0.15, 0.2) is 18.2 Å². The number of halogens is 1. The van der Waals surface area contributed by atoms with Gasteiger partial charge in [0.25, 0.3) is 0 Å². The standard InChI is InChI=1S/C12H10FNO2/c13-11-5-8(7-14)1-4-12(11)16-10-3-2-9(15)6-10/h1,4-5,10H,2-3,6H2. The number of Topliss-reactive ketones (excluding diaryl/α,β-unsaturated/α-hetero) is 1. The van der Waals surface area contributed by atoms with Crippen LogP contribution in [0.5, 0.6) is 5.75 Å². The Balaban J connectivity index is 2.10. The van der Waals surface area contributed by atoms with Crippen molar-refractivity contribution in [1.82, 2.24) is 0 Å². The molecule has 1 unspecified atom stereocenters. The van der Waals surface area contributed by atoms with Gasteiger partial charge in [0.1, 0.15) is 11.9 Å². The first kappa shape index (κ1) is 10.6. The van der Waals surface area contributed by atoms with Crippen molar-refractivity contribution in [2.24, 2.45) is 0 Å². The van der Waals surface area contributed by atoms with Crippen LogP contribution in [0.25, 0.3) is 0 Å². The highest BCUT2D eigenvalue weighted by atomic mass is 19.1. The molecule has 0 bridgehead atoms. The van der Waals surface area contributed by atoms with E-state index in [2.05, 4.69) is 0 Å². The minimum atomic E-state index is -0.557. The Morgan fingerprint density at radius 2 is 2.31 bits per heavy atom. The van der Waals surface area contributed by atoms with Gasteiger partial charge in [0, 0.05) is 12.8 Å². The first-order valence-electron chi connectivity index (χ1n) is 5.07. The van der Waals surface area contributed by atoms with E-state index in [9.17, 15) is 9.18 Å². The van der Waals surface area contributed by atoms with E-state index in [1.807, 2.05) is 6.07 Å². The zero-order chi connectivity index (χ0) is 11.5. The van der Waals surface area contributed by atoms with Gasteiger partial charge >= 0.3 is 0 Å². The topological polar surface area (TPSA) is 50.1 Å². The van der Waals surface area contributed by atoms with Crippen molar-refractivity contribution in [2.75, 3.05) is 0 Å². The van der Waals surface area contributed by atoms with E-state index in [1.165, 1.54) is 12.1 Å². The highest BCUT2D eigenvalue weighted by Gasteiger charge is 2.24. The number of nitrogens with zero attached hydrogens (tertiary/aromatic N) is 1. The smallest absolute Gasteiger partial charge is 0.166 e. The highest BCUT2D eigenvalue weighted by Crippen LogP contribution is 2.24. The molecule has 1 atom stereocenters. The van der Waals surface area contributed by atoms with Gasteiger partial charge in [-0.2, -0.15) is 5.26 Å². The van der Waals surface area contributed by atoms with Crippen LogP contribution in [0, 0.1) is 17.1 Å². The van der Waals surface area contributed by atoms with Crippen LogP contribution < -0.4 is 4.74 Å². The van der Waals surface area contributed by atoms with Crippen molar-refractivity contribution in [3.05, 3.63) is 29.6 Å². The van der Waals surface area contributed by atoms with E-state index in [1.54, 1.807) is 0 Å². The Bertz CT molecular complexity index is 465. The number of benzene rings is 1. The van der Waals surface area contributed by atoms with E-state index in [-0.39, 0.29) is 23.2 Å². The van der Waals surface area contributed by atoms with Gasteiger partial charge in [-0.25, -0.2) is 4.39 Å². The molecule has 4 heteroatoms. The van der Waals surface area contributed by atoms with Crippen molar-refractivity contribution in [3.63, 3.8) is 0 Å². The molecule has 1 aromatic rings. The van der Waals surface area contributed by atoms with Gasteiger partial charge in [0.05, 0.1) is 11.6 Å². The molecule has 16 heavy (non-hydrogen) atoms. The summed E-state index contributed by atoms with van der Waals surface area (Å²) in [5.74, 6) is -0.295. The summed E-state index contributed by atoms with van der Waals surface area (Å²) < 4.78 is 18.8. The van der Waals surface area contributed by atoms with Gasteiger partial charge in [-0.15, -0.1) is 0 Å². The largest absolute Gasteiger partial charge is 0.487 e. The number of rotatable bonds is 2. The van der Waals surface area contributed by atoms with E-state index < -0.39 is 5.82 Å². The fourth-order valence-corrected chi connectivity index (χ4v) is 1.73. The van der Waals surface area contributed by atoms with Crippen LogP contribution in [0.1, 0.15) is 24.8 Å². The van der Waals surface area contributed by atoms with E-state index >= 15 is 0 Å². The highest BCUT2D eigenvalue weighted by molar-refractivity contribution is 5.81. The number of carbonyl (C=O) groups excluding carboxylic acids is 1. The molecular weight excluding hydrogens is 209 g/mol. The van der Waals surface area contributed by atoms with Gasteiger partial charge in [0.15, 0.2) is 11.6 Å². The second-order valence-electron chi connectivity index (χ2n) is 3.78. The molecule has 0 N–H and O–H groups in total. The Morgan fingerprint density at radius 3 is 2.88 bits per heavy atom. The third kappa shape index (κ3) is 2.19. The maximum atomic E-state index is 13.4. The Hall–Kier alpha value is -1.89. The summed E-state index contributed by atoms with van der Waals surface area (Å²) in [6.45, 7) is 0. The quantitative estimate of drug-likeness (QED) is 0.766. The molecule has 1 aliphatic carbocycles. The predicted octanol–water partition coefficient (Wildman–Crippen LogP) is 2.20. The normalized spacial score (nSPS) is 19.5. The number of hydrogen-bond donors (Lipinski definition) is 0. The second-order valence-corrected chi connectivity index (χ2v) is 3.78. The van der Waals surface area contributed by atoms with Crippen molar-refractivity contribution < 1.29 is 13.9 Å². The Morgan fingerprint density at radius 1 is 1.50 bits per heavy atom. The minimum Gasteiger partial charge on any atom is -0.487 e. The lowest BCUT2D eigenvalue weighted by atomic mass is 10.2. The number of ether oxygens (including phenoxy) is 1. The van der Waals surface area contributed by atoms with Gasteiger partial charge < -0.3 is 4.74 Å². The first-order valence-corrected chi connectivity index (χ1v) is 5.07. The molecule has 0 saturated heterocycles. The molecule has 2 rings (SSSR count). The van der Waals surface area contributed by atoms with Crippen LogP contribution in [0.3, 0.4) is 0 Å². The summed E-state index contributed by atoms with van der Waals surface area (Å²) in [6.07, 6.45) is 1.26. The maximum Gasteiger partial charge on any atom is 0.166 e. The van der Waals surface area contributed by atoms with Crippen LogP contribution in [0.4, 0.5) is 4.39 Å². The average molecular weight is 219 g/mol. The van der Waals surface area contributed by atoms with Crippen molar-refractivity contribution >= 4 is 5.78 Å². The third-order valence-corrected chi connectivity index (χ3v) is 2.56. The number of ketones is 1. The van der Waals surface area contributed by atoms with E-state index in [0.717, 1.165) is 6.07 Å². The molecule has 0 amide bonds. The maximum absolute atomic E-state index is 13.4. The lowest BCUT2D eigenvalue weighted by molar-refractivity contribution is -0.117. The molecule has 0 radical (unpaired) electrons. The molecule has 1 saturated carbocycles. The molecule has 0 aliphatic heterocycles. The van der Waals surface area contributed by atoms with E-state index in [0.29, 0.717) is 19.3 Å².